The molecule has 2 rings (SSSR count). The second-order valence-corrected chi connectivity index (χ2v) is 15.3. The van der Waals surface area contributed by atoms with E-state index >= 15 is 0 Å². The molecule has 0 radical (unpaired) electrons. The van der Waals surface area contributed by atoms with Gasteiger partial charge in [-0.15, -0.1) is 0 Å². The zero-order valence-corrected chi connectivity index (χ0v) is 25.3. The fourth-order valence-corrected chi connectivity index (χ4v) is 5.97. The molecule has 0 aromatic heterocycles. The van der Waals surface area contributed by atoms with Gasteiger partial charge in [-0.1, -0.05) is 107 Å². The van der Waals surface area contributed by atoms with Crippen LogP contribution in [0.1, 0.15) is 116 Å². The van der Waals surface area contributed by atoms with Crippen LogP contribution in [0.25, 0.3) is 0 Å². The predicted octanol–water partition coefficient (Wildman–Crippen LogP) is 8.81. The molecule has 0 amide bonds. The van der Waals surface area contributed by atoms with Gasteiger partial charge in [-0.2, -0.15) is 11.8 Å². The van der Waals surface area contributed by atoms with Crippen LogP contribution in [-0.2, 0) is 34.5 Å². The number of aromatic hydroxyl groups is 2. The summed E-state index contributed by atoms with van der Waals surface area (Å²) in [5.41, 5.74) is 6.31. The van der Waals surface area contributed by atoms with Crippen molar-refractivity contribution in [1.82, 2.24) is 0 Å². The lowest BCUT2D eigenvalue weighted by molar-refractivity contribution is 0.420. The van der Waals surface area contributed by atoms with E-state index in [9.17, 15) is 10.2 Å². The smallest absolute Gasteiger partial charge is 0.123 e. The minimum Gasteiger partial charge on any atom is -0.507 e. The number of aryl methyl sites for hydroxylation is 2. The number of benzene rings is 2. The van der Waals surface area contributed by atoms with Gasteiger partial charge in [-0.25, -0.2) is 0 Å². The lowest BCUT2D eigenvalue weighted by atomic mass is 9.77. The molecule has 0 aliphatic rings. The first-order valence-electron chi connectivity index (χ1n) is 13.1. The van der Waals surface area contributed by atoms with Gasteiger partial charge in [0.1, 0.15) is 11.5 Å². The van der Waals surface area contributed by atoms with E-state index in [-0.39, 0.29) is 21.7 Å². The zero-order chi connectivity index (χ0) is 27.0. The Morgan fingerprint density at radius 2 is 0.829 bits per heavy atom. The topological polar surface area (TPSA) is 40.5 Å². The zero-order valence-electron chi connectivity index (χ0n) is 24.4. The van der Waals surface area contributed by atoms with E-state index in [0.717, 1.165) is 46.6 Å². The van der Waals surface area contributed by atoms with Crippen molar-refractivity contribution in [1.29, 1.82) is 0 Å². The fourth-order valence-electron chi connectivity index (χ4n) is 5.03. The maximum atomic E-state index is 11.2. The van der Waals surface area contributed by atoms with Crippen LogP contribution in [0, 0.1) is 0 Å². The number of phenols is 2. The normalized spacial score (nSPS) is 13.4. The van der Waals surface area contributed by atoms with Gasteiger partial charge < -0.3 is 10.2 Å². The van der Waals surface area contributed by atoms with Gasteiger partial charge in [-0.3, -0.25) is 0 Å². The van der Waals surface area contributed by atoms with E-state index in [1.54, 1.807) is 0 Å². The Labute approximate surface area is 219 Å². The monoisotopic (exact) mass is 498 g/mol. The molecule has 2 aromatic carbocycles. The lowest BCUT2D eigenvalue weighted by Crippen LogP contribution is -2.19. The van der Waals surface area contributed by atoms with Crippen LogP contribution >= 0.6 is 11.8 Å². The highest BCUT2D eigenvalue weighted by Crippen LogP contribution is 2.42. The molecule has 0 aliphatic heterocycles. The first kappa shape index (κ1) is 29.6. The summed E-state index contributed by atoms with van der Waals surface area (Å²) >= 11 is 1.95. The predicted molar refractivity (Wildman–Crippen MR) is 156 cm³/mol. The van der Waals surface area contributed by atoms with Crippen molar-refractivity contribution in [3.8, 4) is 11.5 Å². The Hall–Kier alpha value is -1.61. The van der Waals surface area contributed by atoms with Crippen molar-refractivity contribution in [3.05, 3.63) is 57.6 Å². The Kier molecular flexibility index (Phi) is 8.80. The molecule has 2 N–H and O–H groups in total. The third-order valence-electron chi connectivity index (χ3n) is 6.68. The van der Waals surface area contributed by atoms with Gasteiger partial charge in [0.05, 0.1) is 0 Å². The molecule has 0 aliphatic carbocycles. The highest BCUT2D eigenvalue weighted by atomic mass is 32.2. The Balaban J connectivity index is 2.17. The van der Waals surface area contributed by atoms with Crippen LogP contribution in [0.4, 0.5) is 0 Å². The lowest BCUT2D eigenvalue weighted by Gasteiger charge is -2.30. The molecule has 0 spiro atoms. The summed E-state index contributed by atoms with van der Waals surface area (Å²) in [7, 11) is 0. The van der Waals surface area contributed by atoms with E-state index in [0.29, 0.717) is 11.5 Å². The van der Waals surface area contributed by atoms with E-state index in [2.05, 4.69) is 107 Å². The Morgan fingerprint density at radius 1 is 0.514 bits per heavy atom. The van der Waals surface area contributed by atoms with Crippen molar-refractivity contribution in [3.63, 3.8) is 0 Å². The Morgan fingerprint density at radius 3 is 1.09 bits per heavy atom. The fraction of sp³-hybridized carbons (Fsp3) is 0.625. The largest absolute Gasteiger partial charge is 0.507 e. The third-order valence-corrected chi connectivity index (χ3v) is 7.66. The molecule has 0 saturated carbocycles. The van der Waals surface area contributed by atoms with Crippen LogP contribution < -0.4 is 0 Å². The minimum atomic E-state index is -0.112. The van der Waals surface area contributed by atoms with E-state index in [4.69, 9.17) is 0 Å². The molecule has 2 nitrogen and oxygen atoms in total. The average Bonchev–Trinajstić information content (AvgIpc) is 2.63. The molecule has 35 heavy (non-hydrogen) atoms. The van der Waals surface area contributed by atoms with Gasteiger partial charge in [0.25, 0.3) is 0 Å². The summed E-state index contributed by atoms with van der Waals surface area (Å²) in [5.74, 6) is 2.95. The quantitative estimate of drug-likeness (QED) is 0.391. The molecule has 0 unspecified atom stereocenters. The number of hydrogen-bond donors (Lipinski definition) is 2. The van der Waals surface area contributed by atoms with Crippen LogP contribution in [-0.4, -0.2) is 21.7 Å². The molecule has 0 saturated heterocycles. The van der Waals surface area contributed by atoms with E-state index in [1.165, 1.54) is 11.1 Å². The number of hydrogen-bond acceptors (Lipinski definition) is 3. The third kappa shape index (κ3) is 7.21. The SMILES string of the molecule is CC(C)(C)c1ccc(CCSCCc2ccc(C(C)(C)C)c(O)c2C(C)(C)C)c(C(C)(C)C)c1O. The molecule has 0 atom stereocenters. The van der Waals surface area contributed by atoms with Crippen LogP contribution in [0.5, 0.6) is 11.5 Å². The van der Waals surface area contributed by atoms with Gasteiger partial charge >= 0.3 is 0 Å². The molecule has 3 heteroatoms. The summed E-state index contributed by atoms with van der Waals surface area (Å²) in [6, 6.07) is 8.67. The minimum absolute atomic E-state index is 0.0871. The molecule has 196 valence electrons. The highest BCUT2D eigenvalue weighted by molar-refractivity contribution is 7.99. The summed E-state index contributed by atoms with van der Waals surface area (Å²) in [4.78, 5) is 0. The van der Waals surface area contributed by atoms with Crippen LogP contribution in [0.3, 0.4) is 0 Å². The van der Waals surface area contributed by atoms with Crippen molar-refractivity contribution in [2.45, 2.75) is 118 Å². The van der Waals surface area contributed by atoms with Crippen LogP contribution in [0.2, 0.25) is 0 Å². The van der Waals surface area contributed by atoms with Crippen molar-refractivity contribution in [2.75, 3.05) is 11.5 Å². The standard InChI is InChI=1S/C32H50O2S/c1-29(2,3)23-15-13-21(25(27(23)33)31(7,8)9)17-19-35-20-18-22-14-16-24(30(4,5)6)28(34)26(22)32(10,11)12/h13-16,33-34H,17-20H2,1-12H3. The second kappa shape index (κ2) is 10.4. The highest BCUT2D eigenvalue weighted by Gasteiger charge is 2.29. The maximum absolute atomic E-state index is 11.2. The van der Waals surface area contributed by atoms with Crippen molar-refractivity contribution >= 4 is 11.8 Å². The van der Waals surface area contributed by atoms with Crippen LogP contribution in [0.15, 0.2) is 24.3 Å². The molecular weight excluding hydrogens is 448 g/mol. The summed E-state index contributed by atoms with van der Waals surface area (Å²) in [6.07, 6.45) is 1.88. The number of rotatable bonds is 6. The van der Waals surface area contributed by atoms with Gasteiger partial charge in [0.2, 0.25) is 0 Å². The molecule has 0 fully saturated rings. The Bertz CT molecular complexity index is 938. The van der Waals surface area contributed by atoms with E-state index in [1.807, 2.05) is 11.8 Å². The van der Waals surface area contributed by atoms with Crippen molar-refractivity contribution < 1.29 is 10.2 Å². The molecular formula is C32H50O2S. The maximum Gasteiger partial charge on any atom is 0.123 e. The summed E-state index contributed by atoms with van der Waals surface area (Å²) in [6.45, 7) is 26.1. The molecule has 2 aromatic rings. The van der Waals surface area contributed by atoms with Gasteiger partial charge in [-0.05, 0) is 68.3 Å². The second-order valence-electron chi connectivity index (χ2n) is 14.1. The van der Waals surface area contributed by atoms with Gasteiger partial charge in [0, 0.05) is 11.1 Å². The molecule has 0 heterocycles. The average molecular weight is 499 g/mol. The molecule has 0 bridgehead atoms. The van der Waals surface area contributed by atoms with E-state index < -0.39 is 0 Å². The summed E-state index contributed by atoms with van der Waals surface area (Å²) < 4.78 is 0. The summed E-state index contributed by atoms with van der Waals surface area (Å²) in [5, 5.41) is 22.3. The van der Waals surface area contributed by atoms with Crippen molar-refractivity contribution in [2.24, 2.45) is 0 Å². The number of thioether (sulfide) groups is 1. The first-order chi connectivity index (χ1) is 15.8. The van der Waals surface area contributed by atoms with Gasteiger partial charge in [0.15, 0.2) is 0 Å². The number of phenolic OH excluding ortho intramolecular Hbond substituents is 2. The first-order valence-corrected chi connectivity index (χ1v) is 14.2.